The van der Waals surface area contributed by atoms with Crippen molar-refractivity contribution in [2.75, 3.05) is 11.9 Å². The molecule has 6 nitrogen and oxygen atoms in total. The standard InChI is InChI=1S/C18H21N3O3/c1-2-24-13-8-4-7-11(17(13)23)12-9-14(22)19-18-15(12)16(20-21-18)10-5-3-6-10/h4,7-8,10,12,23H,2-3,5-6,9H2,1H3,(H2,19,20,21,22). The van der Waals surface area contributed by atoms with Gasteiger partial charge in [-0.3, -0.25) is 9.89 Å². The Labute approximate surface area is 140 Å². The number of carbonyl (C=O) groups is 1. The number of aromatic nitrogens is 2. The molecule has 1 fully saturated rings. The summed E-state index contributed by atoms with van der Waals surface area (Å²) < 4.78 is 5.50. The van der Waals surface area contributed by atoms with Gasteiger partial charge in [0.15, 0.2) is 17.3 Å². The van der Waals surface area contributed by atoms with Gasteiger partial charge in [0, 0.05) is 35.1 Å². The molecule has 2 heterocycles. The average molecular weight is 327 g/mol. The zero-order valence-corrected chi connectivity index (χ0v) is 13.6. The Hall–Kier alpha value is -2.50. The molecule has 1 amide bonds. The van der Waals surface area contributed by atoms with Crippen molar-refractivity contribution in [2.45, 2.75) is 44.4 Å². The molecule has 1 saturated carbocycles. The van der Waals surface area contributed by atoms with Crippen LogP contribution in [0.1, 0.15) is 61.3 Å². The lowest BCUT2D eigenvalue weighted by molar-refractivity contribution is -0.116. The number of H-pyrrole nitrogens is 1. The fourth-order valence-electron chi connectivity index (χ4n) is 3.65. The second-order valence-electron chi connectivity index (χ2n) is 6.46. The maximum absolute atomic E-state index is 12.1. The third-order valence-electron chi connectivity index (χ3n) is 5.05. The molecule has 1 aromatic carbocycles. The minimum absolute atomic E-state index is 0.0830. The van der Waals surface area contributed by atoms with Gasteiger partial charge in [-0.15, -0.1) is 0 Å². The Balaban J connectivity index is 1.81. The zero-order valence-electron chi connectivity index (χ0n) is 13.6. The number of nitrogens with one attached hydrogen (secondary N) is 2. The number of carbonyl (C=O) groups excluding carboxylic acids is 1. The third kappa shape index (κ3) is 2.33. The number of benzene rings is 1. The SMILES string of the molecule is CCOc1cccc(C2CC(=O)Nc3n[nH]c(C4CCC4)c32)c1O. The number of nitrogens with zero attached hydrogens (tertiary/aromatic N) is 1. The van der Waals surface area contributed by atoms with Crippen molar-refractivity contribution in [2.24, 2.45) is 0 Å². The average Bonchev–Trinajstić information content (AvgIpc) is 2.91. The quantitative estimate of drug-likeness (QED) is 0.804. The number of ether oxygens (including phenoxy) is 1. The van der Waals surface area contributed by atoms with Crippen molar-refractivity contribution < 1.29 is 14.6 Å². The highest BCUT2D eigenvalue weighted by atomic mass is 16.5. The van der Waals surface area contributed by atoms with Crippen LogP contribution in [0.25, 0.3) is 0 Å². The van der Waals surface area contributed by atoms with E-state index >= 15 is 0 Å². The first kappa shape index (κ1) is 15.1. The number of aromatic amines is 1. The highest BCUT2D eigenvalue weighted by Gasteiger charge is 2.36. The number of para-hydroxylation sites is 1. The summed E-state index contributed by atoms with van der Waals surface area (Å²) >= 11 is 0. The minimum Gasteiger partial charge on any atom is -0.504 e. The number of fused-ring (bicyclic) bond motifs is 1. The second-order valence-corrected chi connectivity index (χ2v) is 6.46. The molecule has 126 valence electrons. The molecule has 0 spiro atoms. The van der Waals surface area contributed by atoms with E-state index in [2.05, 4.69) is 15.5 Å². The molecule has 2 aromatic rings. The molecule has 0 radical (unpaired) electrons. The van der Waals surface area contributed by atoms with Gasteiger partial charge < -0.3 is 15.2 Å². The number of aromatic hydroxyl groups is 1. The summed E-state index contributed by atoms with van der Waals surface area (Å²) in [7, 11) is 0. The van der Waals surface area contributed by atoms with Crippen LogP contribution in [0.5, 0.6) is 11.5 Å². The monoisotopic (exact) mass is 327 g/mol. The summed E-state index contributed by atoms with van der Waals surface area (Å²) in [6, 6.07) is 5.46. The van der Waals surface area contributed by atoms with Crippen LogP contribution in [0.2, 0.25) is 0 Å². The van der Waals surface area contributed by atoms with Gasteiger partial charge in [-0.2, -0.15) is 5.10 Å². The van der Waals surface area contributed by atoms with Crippen molar-refractivity contribution >= 4 is 11.7 Å². The molecule has 1 aromatic heterocycles. The van der Waals surface area contributed by atoms with Crippen LogP contribution in [0.4, 0.5) is 5.82 Å². The summed E-state index contributed by atoms with van der Waals surface area (Å²) in [5, 5.41) is 20.9. The number of amides is 1. The van der Waals surface area contributed by atoms with Crippen molar-refractivity contribution in [1.82, 2.24) is 10.2 Å². The topological polar surface area (TPSA) is 87.2 Å². The summed E-state index contributed by atoms with van der Waals surface area (Å²) in [4.78, 5) is 12.1. The fourth-order valence-corrected chi connectivity index (χ4v) is 3.65. The lowest BCUT2D eigenvalue weighted by atomic mass is 9.76. The van der Waals surface area contributed by atoms with Gasteiger partial charge in [0.25, 0.3) is 0 Å². The Morgan fingerprint density at radius 3 is 2.92 bits per heavy atom. The van der Waals surface area contributed by atoms with Gasteiger partial charge >= 0.3 is 0 Å². The van der Waals surface area contributed by atoms with Crippen LogP contribution in [0, 0.1) is 0 Å². The molecule has 0 bridgehead atoms. The van der Waals surface area contributed by atoms with Gasteiger partial charge in [-0.05, 0) is 25.8 Å². The Bertz CT molecular complexity index is 780. The second kappa shape index (κ2) is 5.85. The van der Waals surface area contributed by atoms with E-state index in [1.54, 1.807) is 6.07 Å². The zero-order chi connectivity index (χ0) is 16.7. The predicted octanol–water partition coefficient (Wildman–Crippen LogP) is 3.26. The number of hydrogen-bond acceptors (Lipinski definition) is 4. The first-order chi connectivity index (χ1) is 11.7. The van der Waals surface area contributed by atoms with Gasteiger partial charge in [0.1, 0.15) is 0 Å². The van der Waals surface area contributed by atoms with Crippen LogP contribution in [0.3, 0.4) is 0 Å². The molecule has 3 N–H and O–H groups in total. The molecule has 1 aliphatic heterocycles. The molecule has 1 atom stereocenters. The van der Waals surface area contributed by atoms with Crippen LogP contribution in [-0.2, 0) is 4.79 Å². The summed E-state index contributed by atoms with van der Waals surface area (Å²) in [6.07, 6.45) is 3.80. The molecule has 0 saturated heterocycles. The summed E-state index contributed by atoms with van der Waals surface area (Å²) in [5.41, 5.74) is 2.84. The molecule has 6 heteroatoms. The number of phenols is 1. The van der Waals surface area contributed by atoms with Gasteiger partial charge in [-0.1, -0.05) is 18.6 Å². The lowest BCUT2D eigenvalue weighted by Crippen LogP contribution is -2.25. The molecular formula is C18H21N3O3. The van der Waals surface area contributed by atoms with Gasteiger partial charge in [0.05, 0.1) is 6.61 Å². The van der Waals surface area contributed by atoms with E-state index in [1.807, 2.05) is 19.1 Å². The fraction of sp³-hybridized carbons (Fsp3) is 0.444. The molecule has 1 unspecified atom stereocenters. The van der Waals surface area contributed by atoms with Crippen molar-refractivity contribution in [3.8, 4) is 11.5 Å². The highest BCUT2D eigenvalue weighted by molar-refractivity contribution is 5.94. The van der Waals surface area contributed by atoms with E-state index in [-0.39, 0.29) is 17.6 Å². The normalized spacial score (nSPS) is 20.2. The minimum atomic E-state index is -0.205. The molecular weight excluding hydrogens is 306 g/mol. The van der Waals surface area contributed by atoms with Crippen LogP contribution < -0.4 is 10.1 Å². The van der Waals surface area contributed by atoms with Crippen LogP contribution >= 0.6 is 0 Å². The lowest BCUT2D eigenvalue weighted by Gasteiger charge is -2.30. The molecule has 24 heavy (non-hydrogen) atoms. The largest absolute Gasteiger partial charge is 0.504 e. The number of phenolic OH excluding ortho intramolecular Hbond substituents is 1. The number of hydrogen-bond donors (Lipinski definition) is 3. The highest BCUT2D eigenvalue weighted by Crippen LogP contribution is 2.48. The third-order valence-corrected chi connectivity index (χ3v) is 5.05. The van der Waals surface area contributed by atoms with Crippen molar-refractivity contribution in [3.05, 3.63) is 35.0 Å². The first-order valence-electron chi connectivity index (χ1n) is 8.51. The van der Waals surface area contributed by atoms with E-state index in [4.69, 9.17) is 4.74 Å². The number of rotatable bonds is 4. The van der Waals surface area contributed by atoms with E-state index in [9.17, 15) is 9.90 Å². The maximum Gasteiger partial charge on any atom is 0.226 e. The maximum atomic E-state index is 12.1. The number of anilines is 1. The van der Waals surface area contributed by atoms with Crippen molar-refractivity contribution in [3.63, 3.8) is 0 Å². The summed E-state index contributed by atoms with van der Waals surface area (Å²) in [6.45, 7) is 2.36. The van der Waals surface area contributed by atoms with Crippen LogP contribution in [-0.4, -0.2) is 27.8 Å². The van der Waals surface area contributed by atoms with E-state index in [0.29, 0.717) is 30.5 Å². The summed E-state index contributed by atoms with van der Waals surface area (Å²) in [5.74, 6) is 1.35. The van der Waals surface area contributed by atoms with E-state index in [1.165, 1.54) is 6.42 Å². The molecule has 4 rings (SSSR count). The van der Waals surface area contributed by atoms with Crippen LogP contribution in [0.15, 0.2) is 18.2 Å². The van der Waals surface area contributed by atoms with Gasteiger partial charge in [-0.25, -0.2) is 0 Å². The van der Waals surface area contributed by atoms with Crippen molar-refractivity contribution in [1.29, 1.82) is 0 Å². The molecule has 2 aliphatic rings. The van der Waals surface area contributed by atoms with Gasteiger partial charge in [0.2, 0.25) is 5.91 Å². The molecule has 1 aliphatic carbocycles. The van der Waals surface area contributed by atoms with E-state index < -0.39 is 0 Å². The Morgan fingerprint density at radius 2 is 2.21 bits per heavy atom. The first-order valence-corrected chi connectivity index (χ1v) is 8.51. The smallest absolute Gasteiger partial charge is 0.226 e. The Morgan fingerprint density at radius 1 is 1.38 bits per heavy atom. The Kier molecular flexibility index (Phi) is 3.67. The predicted molar refractivity (Wildman–Crippen MR) is 89.5 cm³/mol. The van der Waals surface area contributed by atoms with E-state index in [0.717, 1.165) is 29.7 Å².